The zero-order valence-electron chi connectivity index (χ0n) is 46.2. The lowest BCUT2D eigenvalue weighted by Crippen LogP contribution is -2.34. The van der Waals surface area contributed by atoms with Crippen molar-refractivity contribution in [1.82, 2.24) is 0 Å². The van der Waals surface area contributed by atoms with Crippen LogP contribution in [-0.2, 0) is 0 Å². The molecule has 376 valence electrons. The lowest BCUT2D eigenvalue weighted by molar-refractivity contribution is 0.0663. The first kappa shape index (κ1) is 59.1. The molecule has 0 nitrogen and oxygen atoms in total. The van der Waals surface area contributed by atoms with Crippen molar-refractivity contribution in [2.24, 2.45) is 82.9 Å². The van der Waals surface area contributed by atoms with E-state index in [9.17, 15) is 0 Å². The van der Waals surface area contributed by atoms with Gasteiger partial charge < -0.3 is 0 Å². The third-order valence-electron chi connectivity index (χ3n) is 18.9. The summed E-state index contributed by atoms with van der Waals surface area (Å²) in [5.74, 6) is 14.5. The quantitative estimate of drug-likeness (QED) is 0.137. The van der Waals surface area contributed by atoms with Crippen molar-refractivity contribution >= 4 is 0 Å². The molecular weight excluding hydrogens is 757 g/mol. The minimum absolute atomic E-state index is 0.963. The average molecular weight is 882 g/mol. The first-order chi connectivity index (χ1) is 30.5. The first-order valence-corrected chi connectivity index (χ1v) is 30.5. The summed E-state index contributed by atoms with van der Waals surface area (Å²) in [5.41, 5.74) is 0. The van der Waals surface area contributed by atoms with Crippen molar-refractivity contribution < 1.29 is 0 Å². The van der Waals surface area contributed by atoms with Crippen LogP contribution in [0.1, 0.15) is 321 Å². The molecule has 6 fully saturated rings. The van der Waals surface area contributed by atoms with Crippen LogP contribution in [0.2, 0.25) is 0 Å². The van der Waals surface area contributed by atoms with E-state index >= 15 is 0 Å². The Morgan fingerprint density at radius 3 is 1.17 bits per heavy atom. The van der Waals surface area contributed by atoms with Crippen LogP contribution >= 0.6 is 0 Å². The van der Waals surface area contributed by atoms with Gasteiger partial charge in [0.05, 0.1) is 0 Å². The summed E-state index contributed by atoms with van der Waals surface area (Å²) < 4.78 is 0. The van der Waals surface area contributed by atoms with Gasteiger partial charge in [0.25, 0.3) is 0 Å². The summed E-state index contributed by atoms with van der Waals surface area (Å²) in [5, 5.41) is 0. The summed E-state index contributed by atoms with van der Waals surface area (Å²) in [6.45, 7) is 28.7. The fourth-order valence-corrected chi connectivity index (χ4v) is 15.3. The minimum Gasteiger partial charge on any atom is -0.0654 e. The van der Waals surface area contributed by atoms with E-state index in [1.54, 1.807) is 25.7 Å². The van der Waals surface area contributed by atoms with Crippen molar-refractivity contribution in [1.29, 1.82) is 0 Å². The molecule has 11 unspecified atom stereocenters. The third-order valence-corrected chi connectivity index (χ3v) is 18.9. The SMILES string of the molecule is CC1CCCCC1C(C)CC1CCCCC1.CCCC(C)C1CCCC2CCCCC21.CCCC(C)C1CCCCC1C.CCCC(C)CC1CCCCC1.CCCC(C)CCC. The van der Waals surface area contributed by atoms with E-state index in [2.05, 4.69) is 83.1 Å². The molecule has 0 saturated heterocycles. The number of hydrogen-bond donors (Lipinski definition) is 0. The second-order valence-corrected chi connectivity index (χ2v) is 24.7. The predicted octanol–water partition coefficient (Wildman–Crippen LogP) is 22.3. The molecule has 0 N–H and O–H groups in total. The Balaban J connectivity index is 0.000000276. The lowest BCUT2D eigenvalue weighted by atomic mass is 9.62. The Morgan fingerprint density at radius 2 is 0.683 bits per heavy atom. The highest BCUT2D eigenvalue weighted by Gasteiger charge is 2.37. The summed E-state index contributed by atoms with van der Waals surface area (Å²) >= 11 is 0. The zero-order valence-corrected chi connectivity index (χ0v) is 46.2. The Bertz CT molecular complexity index is 973. The standard InChI is InChI=1S/C16H30.C15H28.2C12H24.C8H18/c1-13-8-6-7-11-16(13)14(2)12-15-9-4-3-5-10-15;1-3-7-12(2)14-11-6-9-13-8-4-5-10-15(13)14;1-4-7-10(2)12-9-6-5-8-11(12)3;1-3-7-11(2)10-12-8-5-4-6-9-12;1-4-6-8(3)7-5-2/h13-16H,3-12H2,1-2H3;12-15H,3-11H2,1-2H3;10-12H,4-9H2,1-3H3;11-12H,3-10H2,1-2H3;8H,4-7H2,1-3H3. The summed E-state index contributed by atoms with van der Waals surface area (Å²) in [6.07, 6.45) is 54.9. The second kappa shape index (κ2) is 37.0. The molecule has 6 aliphatic carbocycles. The maximum atomic E-state index is 2.54. The van der Waals surface area contributed by atoms with E-state index in [1.807, 2.05) is 0 Å². The van der Waals surface area contributed by atoms with Crippen LogP contribution in [-0.4, -0.2) is 0 Å². The molecule has 0 spiro atoms. The molecule has 0 aromatic rings. The van der Waals surface area contributed by atoms with Gasteiger partial charge in [0, 0.05) is 0 Å². The fraction of sp³-hybridized carbons (Fsp3) is 1.00. The van der Waals surface area contributed by atoms with Gasteiger partial charge in [-0.05, 0) is 121 Å². The van der Waals surface area contributed by atoms with Gasteiger partial charge in [0.1, 0.15) is 0 Å². The molecule has 0 aromatic heterocycles. The molecular formula is C63H124. The minimum atomic E-state index is 0.963. The van der Waals surface area contributed by atoms with Crippen LogP contribution in [0.4, 0.5) is 0 Å². The Labute approximate surface area is 401 Å². The lowest BCUT2D eigenvalue weighted by Gasteiger charge is -2.44. The van der Waals surface area contributed by atoms with Crippen molar-refractivity contribution in [3.8, 4) is 0 Å². The van der Waals surface area contributed by atoms with Gasteiger partial charge in [-0.25, -0.2) is 0 Å². The molecule has 6 saturated carbocycles. The molecule has 6 rings (SSSR count). The molecule has 0 bridgehead atoms. The smallest absolute Gasteiger partial charge is 0.0355 e. The largest absolute Gasteiger partial charge is 0.0654 e. The normalized spacial score (nSPS) is 30.0. The maximum Gasteiger partial charge on any atom is -0.0355 e. The van der Waals surface area contributed by atoms with E-state index in [0.717, 1.165) is 82.9 Å². The Kier molecular flexibility index (Phi) is 34.7. The molecule has 63 heavy (non-hydrogen) atoms. The molecule has 6 aliphatic rings. The van der Waals surface area contributed by atoms with Crippen molar-refractivity contribution in [3.05, 3.63) is 0 Å². The Hall–Kier alpha value is 0. The van der Waals surface area contributed by atoms with Gasteiger partial charge in [0.15, 0.2) is 0 Å². The number of fused-ring (bicyclic) bond motifs is 1. The molecule has 0 amide bonds. The van der Waals surface area contributed by atoms with Crippen molar-refractivity contribution in [2.45, 2.75) is 321 Å². The molecule has 11 atom stereocenters. The highest BCUT2D eigenvalue weighted by molar-refractivity contribution is 4.87. The van der Waals surface area contributed by atoms with Crippen LogP contribution in [0.25, 0.3) is 0 Å². The molecule has 0 aromatic carbocycles. The average Bonchev–Trinajstić information content (AvgIpc) is 3.28. The highest BCUT2D eigenvalue weighted by Crippen LogP contribution is 2.47. The summed E-state index contributed by atoms with van der Waals surface area (Å²) in [6, 6.07) is 0. The van der Waals surface area contributed by atoms with Gasteiger partial charge in [-0.2, -0.15) is 0 Å². The third kappa shape index (κ3) is 25.3. The van der Waals surface area contributed by atoms with E-state index in [4.69, 9.17) is 0 Å². The summed E-state index contributed by atoms with van der Waals surface area (Å²) in [4.78, 5) is 0. The van der Waals surface area contributed by atoms with Gasteiger partial charge in [-0.15, -0.1) is 0 Å². The number of hydrogen-bond acceptors (Lipinski definition) is 0. The topological polar surface area (TPSA) is 0 Å². The van der Waals surface area contributed by atoms with Crippen LogP contribution in [0.5, 0.6) is 0 Å². The molecule has 0 heterocycles. The van der Waals surface area contributed by atoms with Crippen LogP contribution < -0.4 is 0 Å². The molecule has 0 heteroatoms. The van der Waals surface area contributed by atoms with Gasteiger partial charge >= 0.3 is 0 Å². The van der Waals surface area contributed by atoms with E-state index in [-0.39, 0.29) is 0 Å². The van der Waals surface area contributed by atoms with Crippen molar-refractivity contribution in [3.63, 3.8) is 0 Å². The Morgan fingerprint density at radius 1 is 0.317 bits per heavy atom. The zero-order chi connectivity index (χ0) is 46.2. The van der Waals surface area contributed by atoms with Crippen LogP contribution in [0.15, 0.2) is 0 Å². The van der Waals surface area contributed by atoms with Crippen molar-refractivity contribution in [2.75, 3.05) is 0 Å². The van der Waals surface area contributed by atoms with Gasteiger partial charge in [-0.3, -0.25) is 0 Å². The second-order valence-electron chi connectivity index (χ2n) is 24.7. The van der Waals surface area contributed by atoms with E-state index < -0.39 is 0 Å². The number of rotatable bonds is 17. The first-order valence-electron chi connectivity index (χ1n) is 30.5. The molecule has 0 radical (unpaired) electrons. The monoisotopic (exact) mass is 881 g/mol. The van der Waals surface area contributed by atoms with E-state index in [0.29, 0.717) is 0 Å². The fourth-order valence-electron chi connectivity index (χ4n) is 15.3. The van der Waals surface area contributed by atoms with Gasteiger partial charge in [-0.1, -0.05) is 282 Å². The predicted molar refractivity (Wildman–Crippen MR) is 288 cm³/mol. The molecule has 0 aliphatic heterocycles. The highest BCUT2D eigenvalue weighted by atomic mass is 14.4. The van der Waals surface area contributed by atoms with Gasteiger partial charge in [0.2, 0.25) is 0 Å². The van der Waals surface area contributed by atoms with E-state index in [1.165, 1.54) is 212 Å². The summed E-state index contributed by atoms with van der Waals surface area (Å²) in [7, 11) is 0. The van der Waals surface area contributed by atoms with Crippen LogP contribution in [0, 0.1) is 82.9 Å². The maximum absolute atomic E-state index is 2.54. The van der Waals surface area contributed by atoms with Crippen LogP contribution in [0.3, 0.4) is 0 Å².